The van der Waals surface area contributed by atoms with E-state index in [9.17, 15) is 0 Å². The first kappa shape index (κ1) is 20.2. The van der Waals surface area contributed by atoms with Gasteiger partial charge in [0.2, 0.25) is 0 Å². The van der Waals surface area contributed by atoms with Crippen molar-refractivity contribution < 1.29 is 4.74 Å². The summed E-state index contributed by atoms with van der Waals surface area (Å²) >= 11 is 0. The highest BCUT2D eigenvalue weighted by Crippen LogP contribution is 2.43. The molecule has 1 saturated carbocycles. The van der Waals surface area contributed by atoms with Crippen molar-refractivity contribution in [2.75, 3.05) is 27.3 Å². The van der Waals surface area contributed by atoms with Crippen molar-refractivity contribution in [1.82, 2.24) is 10.6 Å². The number of guanidine groups is 1. The highest BCUT2D eigenvalue weighted by Gasteiger charge is 2.36. The second kappa shape index (κ2) is 10.1. The van der Waals surface area contributed by atoms with E-state index in [1.165, 1.54) is 30.4 Å². The molecule has 0 bridgehead atoms. The lowest BCUT2D eigenvalue weighted by Gasteiger charge is -2.42. The van der Waals surface area contributed by atoms with Gasteiger partial charge in [-0.2, -0.15) is 0 Å². The van der Waals surface area contributed by atoms with Gasteiger partial charge in [0, 0.05) is 33.9 Å². The van der Waals surface area contributed by atoms with Gasteiger partial charge >= 0.3 is 0 Å². The summed E-state index contributed by atoms with van der Waals surface area (Å²) in [5, 5.41) is 6.91. The summed E-state index contributed by atoms with van der Waals surface area (Å²) in [7, 11) is 3.61. The molecule has 5 heteroatoms. The van der Waals surface area contributed by atoms with Crippen LogP contribution in [0.15, 0.2) is 29.3 Å². The Morgan fingerprint density at radius 3 is 2.57 bits per heavy atom. The Labute approximate surface area is 157 Å². The number of nitrogens with one attached hydrogen (secondary N) is 2. The number of ether oxygens (including phenoxy) is 1. The molecule has 0 unspecified atom stereocenters. The fourth-order valence-corrected chi connectivity index (χ4v) is 2.99. The third-order valence-electron chi connectivity index (χ3n) is 4.81. The molecule has 1 aliphatic carbocycles. The maximum absolute atomic E-state index is 5.25. The highest BCUT2D eigenvalue weighted by molar-refractivity contribution is 14.0. The van der Waals surface area contributed by atoms with E-state index in [4.69, 9.17) is 4.74 Å². The molecular formula is C18H30IN3O. The molecule has 0 aliphatic heterocycles. The third-order valence-corrected chi connectivity index (χ3v) is 4.81. The first-order valence-corrected chi connectivity index (χ1v) is 8.17. The predicted octanol–water partition coefficient (Wildman–Crippen LogP) is 3.48. The number of hydrogen-bond acceptors (Lipinski definition) is 2. The van der Waals surface area contributed by atoms with Gasteiger partial charge < -0.3 is 15.4 Å². The number of nitrogens with zero attached hydrogens (tertiary/aromatic N) is 1. The first-order chi connectivity index (χ1) is 10.7. The van der Waals surface area contributed by atoms with Crippen LogP contribution in [0.25, 0.3) is 0 Å². The average Bonchev–Trinajstić information content (AvgIpc) is 2.50. The molecule has 4 nitrogen and oxygen atoms in total. The summed E-state index contributed by atoms with van der Waals surface area (Å²) in [5.41, 5.74) is 3.01. The van der Waals surface area contributed by atoms with Crippen LogP contribution in [0.4, 0.5) is 0 Å². The van der Waals surface area contributed by atoms with E-state index in [0.29, 0.717) is 5.41 Å². The molecule has 2 rings (SSSR count). The van der Waals surface area contributed by atoms with Crippen LogP contribution < -0.4 is 10.6 Å². The maximum atomic E-state index is 5.25. The lowest BCUT2D eigenvalue weighted by Crippen LogP contribution is -2.46. The normalized spacial score (nSPS) is 16.2. The molecule has 1 aromatic rings. The standard InChI is InChI=1S/C18H29N3O.HI/c1-15-7-4-5-8-16(15)13-20-17(19-2)21-14-18(9-6-10-18)11-12-22-3;/h4-5,7-8H,6,9-14H2,1-3H3,(H2,19,20,21);1H. The van der Waals surface area contributed by atoms with Crippen LogP contribution in [-0.2, 0) is 11.3 Å². The predicted molar refractivity (Wildman–Crippen MR) is 108 cm³/mol. The van der Waals surface area contributed by atoms with Gasteiger partial charge in [-0.1, -0.05) is 30.7 Å². The molecule has 1 fully saturated rings. The lowest BCUT2D eigenvalue weighted by atomic mass is 9.67. The van der Waals surface area contributed by atoms with Crippen molar-refractivity contribution in [2.45, 2.75) is 39.2 Å². The van der Waals surface area contributed by atoms with Crippen molar-refractivity contribution in [1.29, 1.82) is 0 Å². The minimum atomic E-state index is 0. The van der Waals surface area contributed by atoms with Crippen LogP contribution >= 0.6 is 24.0 Å². The molecule has 1 aromatic carbocycles. The molecule has 0 saturated heterocycles. The average molecular weight is 431 g/mol. The van der Waals surface area contributed by atoms with E-state index in [2.05, 4.69) is 46.8 Å². The Morgan fingerprint density at radius 1 is 1.26 bits per heavy atom. The fourth-order valence-electron chi connectivity index (χ4n) is 2.99. The molecule has 130 valence electrons. The molecule has 0 amide bonds. The summed E-state index contributed by atoms with van der Waals surface area (Å²) in [4.78, 5) is 4.34. The SMILES string of the molecule is CN=C(NCc1ccccc1C)NCC1(CCOC)CCC1.I. The Balaban J connectivity index is 0.00000264. The number of halogens is 1. The van der Waals surface area contributed by atoms with Gasteiger partial charge in [-0.3, -0.25) is 4.99 Å². The molecule has 0 spiro atoms. The second-order valence-corrected chi connectivity index (χ2v) is 6.30. The summed E-state index contributed by atoms with van der Waals surface area (Å²) in [5.74, 6) is 0.881. The molecule has 23 heavy (non-hydrogen) atoms. The second-order valence-electron chi connectivity index (χ2n) is 6.30. The molecule has 2 N–H and O–H groups in total. The van der Waals surface area contributed by atoms with E-state index in [1.807, 2.05) is 7.05 Å². The Bertz CT molecular complexity index is 501. The molecule has 0 aromatic heterocycles. The maximum Gasteiger partial charge on any atom is 0.191 e. The van der Waals surface area contributed by atoms with Crippen LogP contribution in [0.5, 0.6) is 0 Å². The summed E-state index contributed by atoms with van der Waals surface area (Å²) in [6.45, 7) is 4.76. The fraction of sp³-hybridized carbons (Fsp3) is 0.611. The van der Waals surface area contributed by atoms with E-state index < -0.39 is 0 Å². The molecule has 0 radical (unpaired) electrons. The van der Waals surface area contributed by atoms with E-state index in [1.54, 1.807) is 7.11 Å². The van der Waals surface area contributed by atoms with Gasteiger partial charge in [0.05, 0.1) is 0 Å². The first-order valence-electron chi connectivity index (χ1n) is 8.17. The summed E-state index contributed by atoms with van der Waals surface area (Å²) in [6, 6.07) is 8.44. The Kier molecular flexibility index (Phi) is 8.91. The summed E-state index contributed by atoms with van der Waals surface area (Å²) < 4.78 is 5.25. The van der Waals surface area contributed by atoms with Gasteiger partial charge in [0.1, 0.15) is 0 Å². The highest BCUT2D eigenvalue weighted by atomic mass is 127. The molecule has 1 aliphatic rings. The zero-order valence-corrected chi connectivity index (χ0v) is 16.9. The van der Waals surface area contributed by atoms with Gasteiger partial charge in [-0.25, -0.2) is 0 Å². The number of hydrogen-bond donors (Lipinski definition) is 2. The Morgan fingerprint density at radius 2 is 2.00 bits per heavy atom. The van der Waals surface area contributed by atoms with E-state index in [0.717, 1.165) is 32.1 Å². The van der Waals surface area contributed by atoms with Crippen molar-refractivity contribution in [3.8, 4) is 0 Å². The zero-order chi connectivity index (χ0) is 15.8. The number of aryl methyl sites for hydroxylation is 1. The number of benzene rings is 1. The summed E-state index contributed by atoms with van der Waals surface area (Å²) in [6.07, 6.45) is 5.04. The van der Waals surface area contributed by atoms with Crippen molar-refractivity contribution in [3.05, 3.63) is 35.4 Å². The topological polar surface area (TPSA) is 45.7 Å². The van der Waals surface area contributed by atoms with Gasteiger partial charge in [-0.05, 0) is 42.7 Å². The quantitative estimate of drug-likeness (QED) is 0.395. The molecule has 0 atom stereocenters. The van der Waals surface area contributed by atoms with Crippen LogP contribution in [-0.4, -0.2) is 33.3 Å². The van der Waals surface area contributed by atoms with Gasteiger partial charge in [0.15, 0.2) is 5.96 Å². The Hall–Kier alpha value is -0.820. The number of methoxy groups -OCH3 is 1. The lowest BCUT2D eigenvalue weighted by molar-refractivity contribution is 0.0732. The van der Waals surface area contributed by atoms with E-state index >= 15 is 0 Å². The van der Waals surface area contributed by atoms with Gasteiger partial charge in [0.25, 0.3) is 0 Å². The zero-order valence-electron chi connectivity index (χ0n) is 14.5. The minimum absolute atomic E-state index is 0. The van der Waals surface area contributed by atoms with Crippen molar-refractivity contribution in [2.24, 2.45) is 10.4 Å². The minimum Gasteiger partial charge on any atom is -0.385 e. The van der Waals surface area contributed by atoms with Crippen LogP contribution in [0.3, 0.4) is 0 Å². The largest absolute Gasteiger partial charge is 0.385 e. The van der Waals surface area contributed by atoms with Crippen molar-refractivity contribution in [3.63, 3.8) is 0 Å². The van der Waals surface area contributed by atoms with Crippen LogP contribution in [0.2, 0.25) is 0 Å². The van der Waals surface area contributed by atoms with E-state index in [-0.39, 0.29) is 24.0 Å². The smallest absolute Gasteiger partial charge is 0.191 e. The monoisotopic (exact) mass is 431 g/mol. The molecule has 0 heterocycles. The van der Waals surface area contributed by atoms with Crippen molar-refractivity contribution >= 4 is 29.9 Å². The third kappa shape index (κ3) is 5.95. The van der Waals surface area contributed by atoms with Crippen LogP contribution in [0, 0.1) is 12.3 Å². The van der Waals surface area contributed by atoms with Gasteiger partial charge in [-0.15, -0.1) is 24.0 Å². The number of rotatable bonds is 7. The number of aliphatic imine (C=N–C) groups is 1. The van der Waals surface area contributed by atoms with Crippen LogP contribution in [0.1, 0.15) is 36.8 Å². The molecular weight excluding hydrogens is 401 g/mol.